The summed E-state index contributed by atoms with van der Waals surface area (Å²) in [7, 11) is 0. The molecule has 0 unspecified atom stereocenters. The van der Waals surface area contributed by atoms with Crippen LogP contribution in [0.5, 0.6) is 0 Å². The Bertz CT molecular complexity index is 973. The lowest BCUT2D eigenvalue weighted by atomic mass is 10.0. The third kappa shape index (κ3) is 3.87. The van der Waals surface area contributed by atoms with Crippen LogP contribution in [-0.4, -0.2) is 11.9 Å². The van der Waals surface area contributed by atoms with Gasteiger partial charge in [-0.15, -0.1) is 27.8 Å². The molecule has 4 aromatic rings. The number of nitrogens with zero attached hydrogens (tertiary/aromatic N) is 2. The standard InChI is InChI=1S/C22H16N2S2/c1-3-8-17(9-4-1)22(18-10-5-2-6-11-18)24-23-16-19-13-14-21(26-19)20-12-7-15-25-20/h1-16H/b23-16+. The summed E-state index contributed by atoms with van der Waals surface area (Å²) >= 11 is 3.48. The highest BCUT2D eigenvalue weighted by Crippen LogP contribution is 2.30. The molecule has 0 saturated heterocycles. The van der Waals surface area contributed by atoms with E-state index in [2.05, 4.69) is 64.1 Å². The van der Waals surface area contributed by atoms with Crippen LogP contribution in [0.4, 0.5) is 0 Å². The molecule has 0 aliphatic rings. The van der Waals surface area contributed by atoms with E-state index in [0.29, 0.717) is 0 Å². The van der Waals surface area contributed by atoms with E-state index < -0.39 is 0 Å². The van der Waals surface area contributed by atoms with Gasteiger partial charge in [0.2, 0.25) is 0 Å². The van der Waals surface area contributed by atoms with Gasteiger partial charge >= 0.3 is 0 Å². The van der Waals surface area contributed by atoms with Crippen molar-refractivity contribution in [2.75, 3.05) is 0 Å². The van der Waals surface area contributed by atoms with Crippen molar-refractivity contribution >= 4 is 34.6 Å². The van der Waals surface area contributed by atoms with Gasteiger partial charge in [-0.1, -0.05) is 66.7 Å². The molecule has 0 aliphatic carbocycles. The lowest BCUT2D eigenvalue weighted by molar-refractivity contribution is 1.25. The zero-order valence-corrected chi connectivity index (χ0v) is 15.6. The van der Waals surface area contributed by atoms with Gasteiger partial charge in [0.15, 0.2) is 0 Å². The van der Waals surface area contributed by atoms with Crippen LogP contribution in [0.15, 0.2) is 101 Å². The fourth-order valence-corrected chi connectivity index (χ4v) is 4.30. The average molecular weight is 373 g/mol. The summed E-state index contributed by atoms with van der Waals surface area (Å²) in [5.74, 6) is 0. The van der Waals surface area contributed by atoms with Crippen LogP contribution in [0.2, 0.25) is 0 Å². The molecule has 26 heavy (non-hydrogen) atoms. The van der Waals surface area contributed by atoms with Gasteiger partial charge < -0.3 is 0 Å². The molecule has 2 nitrogen and oxygen atoms in total. The van der Waals surface area contributed by atoms with Gasteiger partial charge in [-0.2, -0.15) is 5.10 Å². The molecule has 2 heterocycles. The molecule has 0 N–H and O–H groups in total. The minimum absolute atomic E-state index is 0.873. The topological polar surface area (TPSA) is 24.7 Å². The first kappa shape index (κ1) is 16.6. The molecule has 0 amide bonds. The van der Waals surface area contributed by atoms with E-state index in [9.17, 15) is 0 Å². The zero-order valence-electron chi connectivity index (χ0n) is 13.9. The molecule has 2 aromatic heterocycles. The number of benzene rings is 2. The lowest BCUT2D eigenvalue weighted by Crippen LogP contribution is -2.02. The van der Waals surface area contributed by atoms with Crippen molar-refractivity contribution in [1.29, 1.82) is 0 Å². The summed E-state index contributed by atoms with van der Waals surface area (Å²) in [5, 5.41) is 11.0. The summed E-state index contributed by atoms with van der Waals surface area (Å²) in [6.45, 7) is 0. The summed E-state index contributed by atoms with van der Waals surface area (Å²) in [6, 6.07) is 28.7. The van der Waals surface area contributed by atoms with Crippen LogP contribution in [0.1, 0.15) is 16.0 Å². The number of thiophene rings is 2. The Labute approximate surface area is 160 Å². The van der Waals surface area contributed by atoms with E-state index in [4.69, 9.17) is 0 Å². The van der Waals surface area contributed by atoms with Gasteiger partial charge in [0.05, 0.1) is 6.21 Å². The first-order valence-electron chi connectivity index (χ1n) is 8.26. The molecule has 0 fully saturated rings. The van der Waals surface area contributed by atoms with E-state index in [1.807, 2.05) is 42.6 Å². The summed E-state index contributed by atoms with van der Waals surface area (Å²) < 4.78 is 0. The quantitative estimate of drug-likeness (QED) is 0.288. The van der Waals surface area contributed by atoms with E-state index in [-0.39, 0.29) is 0 Å². The lowest BCUT2D eigenvalue weighted by Gasteiger charge is -2.04. The molecule has 0 bridgehead atoms. The summed E-state index contributed by atoms with van der Waals surface area (Å²) in [5.41, 5.74) is 2.99. The average Bonchev–Trinajstić information content (AvgIpc) is 3.38. The van der Waals surface area contributed by atoms with Gasteiger partial charge in [-0.05, 0) is 23.6 Å². The Balaban J connectivity index is 1.62. The SMILES string of the molecule is C(=N\N=C(c1ccccc1)c1ccccc1)/c1ccc(-c2cccs2)s1. The summed E-state index contributed by atoms with van der Waals surface area (Å²) in [6.07, 6.45) is 1.83. The first-order chi connectivity index (χ1) is 12.9. The molecule has 0 aliphatic heterocycles. The third-order valence-corrected chi connectivity index (χ3v) is 5.91. The van der Waals surface area contributed by atoms with Crippen molar-refractivity contribution in [2.24, 2.45) is 10.2 Å². The zero-order chi connectivity index (χ0) is 17.6. The van der Waals surface area contributed by atoms with Crippen LogP contribution in [0, 0.1) is 0 Å². The van der Waals surface area contributed by atoms with E-state index in [1.54, 1.807) is 22.7 Å². The highest BCUT2D eigenvalue weighted by molar-refractivity contribution is 7.22. The molecule has 4 heteroatoms. The van der Waals surface area contributed by atoms with Gasteiger partial charge in [-0.3, -0.25) is 0 Å². The Kier molecular flexibility index (Phi) is 5.14. The van der Waals surface area contributed by atoms with E-state index in [0.717, 1.165) is 21.7 Å². The van der Waals surface area contributed by atoms with Crippen LogP contribution < -0.4 is 0 Å². The second kappa shape index (κ2) is 8.04. The molecular weight excluding hydrogens is 356 g/mol. The molecule has 0 spiro atoms. The van der Waals surface area contributed by atoms with Crippen LogP contribution >= 0.6 is 22.7 Å². The third-order valence-electron chi connectivity index (χ3n) is 3.83. The smallest absolute Gasteiger partial charge is 0.100 e. The molecule has 0 radical (unpaired) electrons. The minimum atomic E-state index is 0.873. The molecular formula is C22H16N2S2. The van der Waals surface area contributed by atoms with Crippen molar-refractivity contribution in [3.05, 3.63) is 106 Å². The summed E-state index contributed by atoms with van der Waals surface area (Å²) in [4.78, 5) is 3.64. The Morgan fingerprint density at radius 3 is 2.00 bits per heavy atom. The fourth-order valence-electron chi connectivity index (χ4n) is 2.59. The van der Waals surface area contributed by atoms with Crippen LogP contribution in [0.3, 0.4) is 0 Å². The fraction of sp³-hybridized carbons (Fsp3) is 0. The Hall–Kier alpha value is -2.82. The highest BCUT2D eigenvalue weighted by atomic mass is 32.1. The molecule has 4 rings (SSSR count). The van der Waals surface area contributed by atoms with E-state index >= 15 is 0 Å². The Morgan fingerprint density at radius 1 is 0.692 bits per heavy atom. The number of hydrogen-bond donors (Lipinski definition) is 0. The van der Waals surface area contributed by atoms with Gasteiger partial charge in [0.25, 0.3) is 0 Å². The van der Waals surface area contributed by atoms with Crippen LogP contribution in [0.25, 0.3) is 9.75 Å². The molecule has 2 aromatic carbocycles. The van der Waals surface area contributed by atoms with Crippen molar-refractivity contribution in [2.45, 2.75) is 0 Å². The molecule has 0 saturated carbocycles. The first-order valence-corrected chi connectivity index (χ1v) is 9.95. The second-order valence-corrected chi connectivity index (χ2v) is 7.67. The monoisotopic (exact) mass is 372 g/mol. The second-order valence-electron chi connectivity index (χ2n) is 5.60. The number of hydrogen-bond acceptors (Lipinski definition) is 4. The predicted octanol–water partition coefficient (Wildman–Crippen LogP) is 6.35. The molecule has 126 valence electrons. The predicted molar refractivity (Wildman–Crippen MR) is 114 cm³/mol. The largest absolute Gasteiger partial charge is 0.157 e. The highest BCUT2D eigenvalue weighted by Gasteiger charge is 2.06. The molecule has 0 atom stereocenters. The van der Waals surface area contributed by atoms with E-state index in [1.165, 1.54) is 9.75 Å². The van der Waals surface area contributed by atoms with Gasteiger partial charge in [-0.25, -0.2) is 0 Å². The maximum atomic E-state index is 4.53. The maximum Gasteiger partial charge on any atom is 0.100 e. The van der Waals surface area contributed by atoms with Gasteiger partial charge in [0.1, 0.15) is 5.71 Å². The maximum absolute atomic E-state index is 4.53. The van der Waals surface area contributed by atoms with Crippen molar-refractivity contribution in [3.63, 3.8) is 0 Å². The van der Waals surface area contributed by atoms with Crippen LogP contribution in [-0.2, 0) is 0 Å². The van der Waals surface area contributed by atoms with Crippen molar-refractivity contribution < 1.29 is 0 Å². The minimum Gasteiger partial charge on any atom is -0.157 e. The normalized spacial score (nSPS) is 10.9. The van der Waals surface area contributed by atoms with Gasteiger partial charge in [0, 0.05) is 25.8 Å². The van der Waals surface area contributed by atoms with Crippen molar-refractivity contribution in [3.8, 4) is 9.75 Å². The Morgan fingerprint density at radius 2 is 1.38 bits per heavy atom. The number of rotatable bonds is 5. The van der Waals surface area contributed by atoms with Crippen molar-refractivity contribution in [1.82, 2.24) is 0 Å².